The summed E-state index contributed by atoms with van der Waals surface area (Å²) in [5.41, 5.74) is 0. The molecule has 0 aliphatic carbocycles. The second kappa shape index (κ2) is 7.87. The van der Waals surface area contributed by atoms with Crippen LogP contribution in [0.5, 0.6) is 5.88 Å². The summed E-state index contributed by atoms with van der Waals surface area (Å²) in [5, 5.41) is 3.26. The molecule has 4 nitrogen and oxygen atoms in total. The van der Waals surface area contributed by atoms with Crippen LogP contribution in [0.3, 0.4) is 0 Å². The van der Waals surface area contributed by atoms with Crippen molar-refractivity contribution in [1.29, 1.82) is 0 Å². The Balaban J connectivity index is 2.47. The number of anilines is 1. The third-order valence-electron chi connectivity index (χ3n) is 2.79. The van der Waals surface area contributed by atoms with E-state index >= 15 is 0 Å². The summed E-state index contributed by atoms with van der Waals surface area (Å²) in [5.74, 6) is 1.98. The number of nitrogens with one attached hydrogen (secondary N) is 1. The van der Waals surface area contributed by atoms with Crippen molar-refractivity contribution < 1.29 is 4.74 Å². The molecule has 1 N–H and O–H groups in total. The van der Waals surface area contributed by atoms with Gasteiger partial charge in [-0.1, -0.05) is 33.6 Å². The summed E-state index contributed by atoms with van der Waals surface area (Å²) in [6.07, 6.45) is 5.07. The van der Waals surface area contributed by atoms with Crippen molar-refractivity contribution in [2.45, 2.75) is 40.0 Å². The SMILES string of the molecule is CCCOc1ccnc(NCC(CC)CC)n1. The number of aromatic nitrogens is 2. The molecule has 0 unspecified atom stereocenters. The molecule has 0 saturated carbocycles. The van der Waals surface area contributed by atoms with Gasteiger partial charge in [0, 0.05) is 18.8 Å². The molecule has 1 aromatic heterocycles. The molecule has 0 saturated heterocycles. The Kier molecular flexibility index (Phi) is 6.37. The zero-order valence-electron chi connectivity index (χ0n) is 11.1. The molecule has 1 aromatic rings. The van der Waals surface area contributed by atoms with Gasteiger partial charge in [0.25, 0.3) is 0 Å². The van der Waals surface area contributed by atoms with Gasteiger partial charge in [-0.25, -0.2) is 4.98 Å². The third kappa shape index (κ3) is 5.02. The smallest absolute Gasteiger partial charge is 0.225 e. The number of ether oxygens (including phenoxy) is 1. The summed E-state index contributed by atoms with van der Waals surface area (Å²) < 4.78 is 5.46. The standard InChI is InChI=1S/C13H23N3O/c1-4-9-17-12-7-8-14-13(16-12)15-10-11(5-2)6-3/h7-8,11H,4-6,9-10H2,1-3H3,(H,14,15,16). The van der Waals surface area contributed by atoms with E-state index in [4.69, 9.17) is 4.74 Å². The fraction of sp³-hybridized carbons (Fsp3) is 0.692. The van der Waals surface area contributed by atoms with Crippen LogP contribution in [0.1, 0.15) is 40.0 Å². The largest absolute Gasteiger partial charge is 0.478 e. The maximum Gasteiger partial charge on any atom is 0.225 e. The molecule has 0 aliphatic rings. The summed E-state index contributed by atoms with van der Waals surface area (Å²) in [6.45, 7) is 8.11. The van der Waals surface area contributed by atoms with E-state index in [1.807, 2.05) is 0 Å². The van der Waals surface area contributed by atoms with Crippen LogP contribution in [0.4, 0.5) is 5.95 Å². The lowest BCUT2D eigenvalue weighted by atomic mass is 10.0. The molecule has 0 atom stereocenters. The van der Waals surface area contributed by atoms with E-state index in [1.54, 1.807) is 12.3 Å². The van der Waals surface area contributed by atoms with Crippen LogP contribution in [-0.2, 0) is 0 Å². The first kappa shape index (κ1) is 13.7. The van der Waals surface area contributed by atoms with Gasteiger partial charge in [0.05, 0.1) is 6.61 Å². The first-order valence-electron chi connectivity index (χ1n) is 6.49. The summed E-state index contributed by atoms with van der Waals surface area (Å²) in [4.78, 5) is 8.49. The summed E-state index contributed by atoms with van der Waals surface area (Å²) in [7, 11) is 0. The van der Waals surface area contributed by atoms with Crippen molar-refractivity contribution in [3.05, 3.63) is 12.3 Å². The minimum Gasteiger partial charge on any atom is -0.478 e. The Labute approximate surface area is 104 Å². The summed E-state index contributed by atoms with van der Waals surface area (Å²) in [6, 6.07) is 1.79. The highest BCUT2D eigenvalue weighted by Crippen LogP contribution is 2.11. The maximum absolute atomic E-state index is 5.46. The van der Waals surface area contributed by atoms with E-state index < -0.39 is 0 Å². The molecular weight excluding hydrogens is 214 g/mol. The highest BCUT2D eigenvalue weighted by Gasteiger charge is 2.04. The molecule has 4 heteroatoms. The van der Waals surface area contributed by atoms with Crippen LogP contribution in [0, 0.1) is 5.92 Å². The molecule has 0 radical (unpaired) electrons. The molecular formula is C13H23N3O. The fourth-order valence-electron chi connectivity index (χ4n) is 1.53. The van der Waals surface area contributed by atoms with Gasteiger partial charge >= 0.3 is 0 Å². The number of hydrogen-bond acceptors (Lipinski definition) is 4. The van der Waals surface area contributed by atoms with E-state index in [2.05, 4.69) is 36.1 Å². The van der Waals surface area contributed by atoms with E-state index in [9.17, 15) is 0 Å². The van der Waals surface area contributed by atoms with E-state index in [0.717, 1.165) is 13.0 Å². The van der Waals surface area contributed by atoms with E-state index in [0.29, 0.717) is 24.4 Å². The molecule has 0 aromatic carbocycles. The van der Waals surface area contributed by atoms with Gasteiger partial charge in [-0.15, -0.1) is 0 Å². The van der Waals surface area contributed by atoms with Gasteiger partial charge < -0.3 is 10.1 Å². The van der Waals surface area contributed by atoms with E-state index in [-0.39, 0.29) is 0 Å². The monoisotopic (exact) mass is 237 g/mol. The number of hydrogen-bond donors (Lipinski definition) is 1. The number of rotatable bonds is 8. The minimum absolute atomic E-state index is 0.647. The van der Waals surface area contributed by atoms with Gasteiger partial charge in [-0.2, -0.15) is 4.98 Å². The molecule has 0 aliphatic heterocycles. The van der Waals surface area contributed by atoms with Crippen molar-refractivity contribution in [3.8, 4) is 5.88 Å². The van der Waals surface area contributed by atoms with Gasteiger partial charge in [-0.05, 0) is 12.3 Å². The molecule has 0 fully saturated rings. The first-order chi connectivity index (χ1) is 8.30. The van der Waals surface area contributed by atoms with Crippen LogP contribution in [0.15, 0.2) is 12.3 Å². The van der Waals surface area contributed by atoms with Gasteiger partial charge in [0.15, 0.2) is 0 Å². The Hall–Kier alpha value is -1.32. The van der Waals surface area contributed by atoms with Crippen LogP contribution >= 0.6 is 0 Å². The van der Waals surface area contributed by atoms with E-state index in [1.165, 1.54) is 12.8 Å². The zero-order chi connectivity index (χ0) is 12.5. The Morgan fingerprint density at radius 3 is 2.71 bits per heavy atom. The van der Waals surface area contributed by atoms with Crippen molar-refractivity contribution >= 4 is 5.95 Å². The second-order valence-electron chi connectivity index (χ2n) is 4.13. The van der Waals surface area contributed by atoms with Gasteiger partial charge in [0.2, 0.25) is 11.8 Å². The molecule has 1 heterocycles. The molecule has 1 rings (SSSR count). The highest BCUT2D eigenvalue weighted by molar-refractivity contribution is 5.27. The minimum atomic E-state index is 0.647. The predicted octanol–water partition coefficient (Wildman–Crippen LogP) is 3.11. The Bertz CT molecular complexity index is 313. The van der Waals surface area contributed by atoms with Crippen molar-refractivity contribution in [1.82, 2.24) is 9.97 Å². The fourth-order valence-corrected chi connectivity index (χ4v) is 1.53. The average Bonchev–Trinajstić information content (AvgIpc) is 2.38. The topological polar surface area (TPSA) is 47.0 Å². The van der Waals surface area contributed by atoms with Crippen molar-refractivity contribution in [2.24, 2.45) is 5.92 Å². The lowest BCUT2D eigenvalue weighted by Crippen LogP contribution is -2.14. The van der Waals surface area contributed by atoms with Crippen molar-refractivity contribution in [2.75, 3.05) is 18.5 Å². The van der Waals surface area contributed by atoms with Crippen LogP contribution in [0.2, 0.25) is 0 Å². The molecule has 0 spiro atoms. The number of nitrogens with zero attached hydrogens (tertiary/aromatic N) is 2. The highest BCUT2D eigenvalue weighted by atomic mass is 16.5. The second-order valence-corrected chi connectivity index (χ2v) is 4.13. The predicted molar refractivity (Wildman–Crippen MR) is 70.4 cm³/mol. The first-order valence-corrected chi connectivity index (χ1v) is 6.49. The molecule has 0 amide bonds. The lowest BCUT2D eigenvalue weighted by molar-refractivity contribution is 0.305. The molecule has 96 valence electrons. The normalized spacial score (nSPS) is 10.6. The quantitative estimate of drug-likeness (QED) is 0.754. The molecule has 17 heavy (non-hydrogen) atoms. The third-order valence-corrected chi connectivity index (χ3v) is 2.79. The molecule has 0 bridgehead atoms. The summed E-state index contributed by atoms with van der Waals surface area (Å²) >= 11 is 0. The van der Waals surface area contributed by atoms with Crippen LogP contribution in [-0.4, -0.2) is 23.1 Å². The average molecular weight is 237 g/mol. The zero-order valence-corrected chi connectivity index (χ0v) is 11.1. The Morgan fingerprint density at radius 2 is 2.06 bits per heavy atom. The van der Waals surface area contributed by atoms with Crippen LogP contribution in [0.25, 0.3) is 0 Å². The van der Waals surface area contributed by atoms with Gasteiger partial charge in [0.1, 0.15) is 0 Å². The lowest BCUT2D eigenvalue weighted by Gasteiger charge is -2.13. The van der Waals surface area contributed by atoms with Crippen molar-refractivity contribution in [3.63, 3.8) is 0 Å². The van der Waals surface area contributed by atoms with Gasteiger partial charge in [-0.3, -0.25) is 0 Å². The van der Waals surface area contributed by atoms with Crippen LogP contribution < -0.4 is 10.1 Å². The maximum atomic E-state index is 5.46. The Morgan fingerprint density at radius 1 is 1.29 bits per heavy atom.